The van der Waals surface area contributed by atoms with Crippen LogP contribution in [0.1, 0.15) is 38.8 Å². The van der Waals surface area contributed by atoms with Crippen LogP contribution in [0.3, 0.4) is 0 Å². The zero-order chi connectivity index (χ0) is 13.0. The van der Waals surface area contributed by atoms with Crippen molar-refractivity contribution >= 4 is 5.82 Å². The minimum Gasteiger partial charge on any atom is -0.354 e. The zero-order valence-electron chi connectivity index (χ0n) is 11.1. The van der Waals surface area contributed by atoms with Crippen molar-refractivity contribution in [3.8, 4) is 6.07 Å². The van der Waals surface area contributed by atoms with Crippen molar-refractivity contribution in [2.24, 2.45) is 11.8 Å². The average molecular weight is 244 g/mol. The summed E-state index contributed by atoms with van der Waals surface area (Å²) in [5.74, 6) is 2.28. The molecular formula is C14H20N4. The Morgan fingerprint density at radius 1 is 1.28 bits per heavy atom. The van der Waals surface area contributed by atoms with Gasteiger partial charge in [-0.1, -0.05) is 13.8 Å². The fourth-order valence-corrected chi connectivity index (χ4v) is 2.64. The third-order valence-corrected chi connectivity index (χ3v) is 3.80. The second kappa shape index (κ2) is 5.81. The summed E-state index contributed by atoms with van der Waals surface area (Å²) in [4.78, 5) is 10.6. The van der Waals surface area contributed by atoms with E-state index in [0.29, 0.717) is 5.69 Å². The van der Waals surface area contributed by atoms with E-state index in [1.165, 1.54) is 19.3 Å². The largest absolute Gasteiger partial charge is 0.354 e. The molecule has 96 valence electrons. The second-order valence-electron chi connectivity index (χ2n) is 5.26. The Bertz CT molecular complexity index is 436. The summed E-state index contributed by atoms with van der Waals surface area (Å²) < 4.78 is 0. The van der Waals surface area contributed by atoms with Crippen molar-refractivity contribution in [2.45, 2.75) is 33.1 Å². The molecule has 18 heavy (non-hydrogen) atoms. The van der Waals surface area contributed by atoms with Gasteiger partial charge in [-0.25, -0.2) is 9.97 Å². The van der Waals surface area contributed by atoms with Crippen molar-refractivity contribution in [1.82, 2.24) is 9.97 Å². The van der Waals surface area contributed by atoms with Crippen LogP contribution in [-0.4, -0.2) is 23.1 Å². The van der Waals surface area contributed by atoms with Crippen molar-refractivity contribution in [2.75, 3.05) is 18.0 Å². The Morgan fingerprint density at radius 2 is 2.06 bits per heavy atom. The summed E-state index contributed by atoms with van der Waals surface area (Å²) in [7, 11) is 0. The van der Waals surface area contributed by atoms with Crippen LogP contribution in [0.25, 0.3) is 0 Å². The van der Waals surface area contributed by atoms with Crippen LogP contribution in [0.15, 0.2) is 12.4 Å². The zero-order valence-corrected chi connectivity index (χ0v) is 11.1. The smallest absolute Gasteiger partial charge is 0.183 e. The number of hydrogen-bond acceptors (Lipinski definition) is 4. The first-order chi connectivity index (χ1) is 8.72. The van der Waals surface area contributed by atoms with Gasteiger partial charge in [0.25, 0.3) is 0 Å². The van der Waals surface area contributed by atoms with E-state index < -0.39 is 0 Å². The maximum absolute atomic E-state index is 9.08. The van der Waals surface area contributed by atoms with Crippen molar-refractivity contribution in [3.63, 3.8) is 0 Å². The van der Waals surface area contributed by atoms with E-state index in [9.17, 15) is 0 Å². The van der Waals surface area contributed by atoms with E-state index in [4.69, 9.17) is 5.26 Å². The first-order valence-electron chi connectivity index (χ1n) is 6.68. The van der Waals surface area contributed by atoms with Gasteiger partial charge >= 0.3 is 0 Å². The molecule has 0 amide bonds. The van der Waals surface area contributed by atoms with E-state index in [2.05, 4.69) is 34.8 Å². The molecule has 4 nitrogen and oxygen atoms in total. The Morgan fingerprint density at radius 3 is 2.78 bits per heavy atom. The van der Waals surface area contributed by atoms with Crippen molar-refractivity contribution in [1.29, 1.82) is 5.26 Å². The standard InChI is InChI=1S/C14H20N4/c1-11(2)12-4-3-8-18(9-5-12)14-13(10-15)16-6-7-17-14/h6-7,11-12H,3-5,8-9H2,1-2H3. The van der Waals surface area contributed by atoms with Gasteiger partial charge in [-0.2, -0.15) is 5.26 Å². The van der Waals surface area contributed by atoms with Crippen molar-refractivity contribution < 1.29 is 0 Å². The second-order valence-corrected chi connectivity index (χ2v) is 5.26. The number of anilines is 1. The number of hydrogen-bond donors (Lipinski definition) is 0. The lowest BCUT2D eigenvalue weighted by atomic mass is 9.89. The molecule has 1 saturated heterocycles. The fraction of sp³-hybridized carbons (Fsp3) is 0.643. The molecule has 1 aliphatic rings. The summed E-state index contributed by atoms with van der Waals surface area (Å²) in [5.41, 5.74) is 0.445. The van der Waals surface area contributed by atoms with Gasteiger partial charge in [-0.15, -0.1) is 0 Å². The lowest BCUT2D eigenvalue weighted by molar-refractivity contribution is 0.351. The molecule has 0 saturated carbocycles. The number of nitriles is 1. The van der Waals surface area contributed by atoms with Crippen LogP contribution >= 0.6 is 0 Å². The quantitative estimate of drug-likeness (QED) is 0.802. The molecular weight excluding hydrogens is 224 g/mol. The minimum absolute atomic E-state index is 0.445. The molecule has 1 aromatic rings. The summed E-state index contributed by atoms with van der Waals surface area (Å²) in [6.45, 7) is 6.56. The maximum Gasteiger partial charge on any atom is 0.183 e. The SMILES string of the molecule is CC(C)C1CCCN(c2nccnc2C#N)CC1. The van der Waals surface area contributed by atoms with Crippen LogP contribution in [0.2, 0.25) is 0 Å². The molecule has 0 spiro atoms. The van der Waals surface area contributed by atoms with E-state index in [1.54, 1.807) is 12.4 Å². The van der Waals surface area contributed by atoms with Gasteiger partial charge in [0.2, 0.25) is 0 Å². The predicted molar refractivity (Wildman–Crippen MR) is 71.1 cm³/mol. The molecule has 2 heterocycles. The molecule has 2 rings (SSSR count). The lowest BCUT2D eigenvalue weighted by Crippen LogP contribution is -2.26. The molecule has 1 fully saturated rings. The molecule has 0 N–H and O–H groups in total. The third-order valence-electron chi connectivity index (χ3n) is 3.80. The molecule has 0 aliphatic carbocycles. The maximum atomic E-state index is 9.08. The molecule has 4 heteroatoms. The Kier molecular flexibility index (Phi) is 4.14. The van der Waals surface area contributed by atoms with Crippen molar-refractivity contribution in [3.05, 3.63) is 18.1 Å². The topological polar surface area (TPSA) is 52.8 Å². The lowest BCUT2D eigenvalue weighted by Gasteiger charge is -2.22. The Hall–Kier alpha value is -1.63. The number of nitrogens with zero attached hydrogens (tertiary/aromatic N) is 4. The summed E-state index contributed by atoms with van der Waals surface area (Å²) in [6.07, 6.45) is 6.87. The van der Waals surface area contributed by atoms with E-state index in [1.807, 2.05) is 0 Å². The van der Waals surface area contributed by atoms with Gasteiger partial charge < -0.3 is 4.90 Å². The van der Waals surface area contributed by atoms with Gasteiger partial charge in [-0.3, -0.25) is 0 Å². The monoisotopic (exact) mass is 244 g/mol. The van der Waals surface area contributed by atoms with Crippen LogP contribution in [0.4, 0.5) is 5.82 Å². The van der Waals surface area contributed by atoms with Crippen LogP contribution in [0.5, 0.6) is 0 Å². The molecule has 0 aromatic carbocycles. The highest BCUT2D eigenvalue weighted by Gasteiger charge is 2.21. The normalized spacial score (nSPS) is 20.6. The molecule has 0 bridgehead atoms. The average Bonchev–Trinajstić information content (AvgIpc) is 2.64. The summed E-state index contributed by atoms with van der Waals surface area (Å²) in [6, 6.07) is 2.13. The van der Waals surface area contributed by atoms with E-state index in [0.717, 1.165) is 30.7 Å². The van der Waals surface area contributed by atoms with E-state index in [-0.39, 0.29) is 0 Å². The van der Waals surface area contributed by atoms with Gasteiger partial charge in [0.05, 0.1) is 0 Å². The minimum atomic E-state index is 0.445. The highest BCUT2D eigenvalue weighted by Crippen LogP contribution is 2.27. The molecule has 1 aromatic heterocycles. The van der Waals surface area contributed by atoms with Crippen LogP contribution < -0.4 is 4.90 Å². The molecule has 1 unspecified atom stereocenters. The van der Waals surface area contributed by atoms with E-state index >= 15 is 0 Å². The first-order valence-corrected chi connectivity index (χ1v) is 6.68. The number of aromatic nitrogens is 2. The van der Waals surface area contributed by atoms with Crippen LogP contribution in [0, 0.1) is 23.2 Å². The third kappa shape index (κ3) is 2.79. The van der Waals surface area contributed by atoms with Crippen LogP contribution in [-0.2, 0) is 0 Å². The molecule has 0 radical (unpaired) electrons. The first kappa shape index (κ1) is 12.8. The Balaban J connectivity index is 2.13. The molecule has 1 aliphatic heterocycles. The van der Waals surface area contributed by atoms with Gasteiger partial charge in [-0.05, 0) is 31.1 Å². The Labute approximate surface area is 109 Å². The van der Waals surface area contributed by atoms with Gasteiger partial charge in [0.15, 0.2) is 11.5 Å². The van der Waals surface area contributed by atoms with Gasteiger partial charge in [0.1, 0.15) is 6.07 Å². The summed E-state index contributed by atoms with van der Waals surface area (Å²) in [5, 5.41) is 9.08. The fourth-order valence-electron chi connectivity index (χ4n) is 2.64. The number of rotatable bonds is 2. The predicted octanol–water partition coefficient (Wildman–Crippen LogP) is 2.61. The summed E-state index contributed by atoms with van der Waals surface area (Å²) >= 11 is 0. The highest BCUT2D eigenvalue weighted by atomic mass is 15.2. The molecule has 1 atom stereocenters. The van der Waals surface area contributed by atoms with Gasteiger partial charge in [0, 0.05) is 25.5 Å². The highest BCUT2D eigenvalue weighted by molar-refractivity contribution is 5.49.